The first-order valence-electron chi connectivity index (χ1n) is 6.28. The molecule has 0 radical (unpaired) electrons. The fraction of sp³-hybridized carbons (Fsp3) is 0.188. The number of anilines is 1. The quantitative estimate of drug-likeness (QED) is 0.899. The average molecular weight is 333 g/mol. The molecule has 4 heteroatoms. The first-order chi connectivity index (χ1) is 9.60. The van der Waals surface area contributed by atoms with Crippen LogP contribution in [0.2, 0.25) is 0 Å². The number of nitrogens with zero attached hydrogens (tertiary/aromatic N) is 1. The normalized spacial score (nSPS) is 10.1. The maximum absolute atomic E-state index is 13.0. The SMILES string of the molecule is Cc1cc(F)ccc1CCNc1ccc(C#N)c(Br)c1. The molecule has 2 aromatic rings. The maximum atomic E-state index is 13.0. The Morgan fingerprint density at radius 3 is 2.70 bits per heavy atom. The summed E-state index contributed by atoms with van der Waals surface area (Å²) in [5.74, 6) is -0.199. The Labute approximate surface area is 126 Å². The lowest BCUT2D eigenvalue weighted by molar-refractivity contribution is 0.625. The molecule has 0 heterocycles. The summed E-state index contributed by atoms with van der Waals surface area (Å²) in [4.78, 5) is 0. The van der Waals surface area contributed by atoms with Crippen LogP contribution in [0.5, 0.6) is 0 Å². The van der Waals surface area contributed by atoms with Gasteiger partial charge in [0.15, 0.2) is 0 Å². The van der Waals surface area contributed by atoms with Gasteiger partial charge < -0.3 is 5.32 Å². The molecule has 0 saturated carbocycles. The van der Waals surface area contributed by atoms with Crippen LogP contribution in [0.4, 0.5) is 10.1 Å². The third-order valence-electron chi connectivity index (χ3n) is 3.12. The van der Waals surface area contributed by atoms with Gasteiger partial charge in [-0.05, 0) is 70.7 Å². The van der Waals surface area contributed by atoms with Gasteiger partial charge in [0.25, 0.3) is 0 Å². The summed E-state index contributed by atoms with van der Waals surface area (Å²) in [6, 6.07) is 12.5. The van der Waals surface area contributed by atoms with Crippen LogP contribution in [0.25, 0.3) is 0 Å². The Morgan fingerprint density at radius 1 is 1.25 bits per heavy atom. The highest BCUT2D eigenvalue weighted by atomic mass is 79.9. The molecule has 2 aromatic carbocycles. The van der Waals surface area contributed by atoms with Crippen molar-refractivity contribution in [2.24, 2.45) is 0 Å². The summed E-state index contributed by atoms with van der Waals surface area (Å²) in [5, 5.41) is 12.1. The van der Waals surface area contributed by atoms with Crippen LogP contribution in [0.15, 0.2) is 40.9 Å². The molecular formula is C16H14BrFN2. The predicted molar refractivity (Wildman–Crippen MR) is 82.2 cm³/mol. The molecule has 0 fully saturated rings. The van der Waals surface area contributed by atoms with Gasteiger partial charge in [0.05, 0.1) is 5.56 Å². The van der Waals surface area contributed by atoms with Crippen LogP contribution in [0.1, 0.15) is 16.7 Å². The monoisotopic (exact) mass is 332 g/mol. The molecule has 0 atom stereocenters. The van der Waals surface area contributed by atoms with Crippen LogP contribution < -0.4 is 5.32 Å². The Balaban J connectivity index is 1.96. The molecule has 0 saturated heterocycles. The van der Waals surface area contributed by atoms with Crippen molar-refractivity contribution in [3.63, 3.8) is 0 Å². The first-order valence-corrected chi connectivity index (χ1v) is 7.08. The zero-order valence-corrected chi connectivity index (χ0v) is 12.7. The summed E-state index contributed by atoms with van der Waals surface area (Å²) in [7, 11) is 0. The second-order valence-electron chi connectivity index (χ2n) is 4.55. The van der Waals surface area contributed by atoms with E-state index < -0.39 is 0 Å². The Hall–Kier alpha value is -1.86. The summed E-state index contributed by atoms with van der Waals surface area (Å²) < 4.78 is 13.8. The molecule has 102 valence electrons. The molecule has 0 amide bonds. The van der Waals surface area contributed by atoms with Gasteiger partial charge in [-0.3, -0.25) is 0 Å². The van der Waals surface area contributed by atoms with E-state index in [1.54, 1.807) is 12.1 Å². The number of nitrogens with one attached hydrogen (secondary N) is 1. The maximum Gasteiger partial charge on any atom is 0.123 e. The van der Waals surface area contributed by atoms with Gasteiger partial charge in [0, 0.05) is 16.7 Å². The number of hydrogen-bond acceptors (Lipinski definition) is 2. The third kappa shape index (κ3) is 3.58. The van der Waals surface area contributed by atoms with Crippen molar-refractivity contribution < 1.29 is 4.39 Å². The first kappa shape index (κ1) is 14.5. The van der Waals surface area contributed by atoms with Gasteiger partial charge in [0.2, 0.25) is 0 Å². The standard InChI is InChI=1S/C16H14BrFN2/c1-11-8-14(18)4-2-12(11)6-7-20-15-5-3-13(10-19)16(17)9-15/h2-5,8-9,20H,6-7H2,1H3. The Kier molecular flexibility index (Phi) is 4.75. The van der Waals surface area contributed by atoms with E-state index in [1.807, 2.05) is 25.1 Å². The summed E-state index contributed by atoms with van der Waals surface area (Å²) in [5.41, 5.74) is 3.67. The van der Waals surface area contributed by atoms with Crippen LogP contribution >= 0.6 is 15.9 Å². The number of benzene rings is 2. The van der Waals surface area contributed by atoms with Gasteiger partial charge >= 0.3 is 0 Å². The van der Waals surface area contributed by atoms with E-state index in [9.17, 15) is 4.39 Å². The summed E-state index contributed by atoms with van der Waals surface area (Å²) in [6.07, 6.45) is 0.823. The number of rotatable bonds is 4. The molecule has 0 unspecified atom stereocenters. The molecule has 20 heavy (non-hydrogen) atoms. The highest BCUT2D eigenvalue weighted by molar-refractivity contribution is 9.10. The van der Waals surface area contributed by atoms with Crippen molar-refractivity contribution >= 4 is 21.6 Å². The van der Waals surface area contributed by atoms with Gasteiger partial charge in [-0.25, -0.2) is 4.39 Å². The topological polar surface area (TPSA) is 35.8 Å². The summed E-state index contributed by atoms with van der Waals surface area (Å²) in [6.45, 7) is 2.67. The highest BCUT2D eigenvalue weighted by Gasteiger charge is 2.02. The van der Waals surface area contributed by atoms with E-state index in [0.29, 0.717) is 5.56 Å². The van der Waals surface area contributed by atoms with Gasteiger partial charge in [0.1, 0.15) is 11.9 Å². The lowest BCUT2D eigenvalue weighted by Crippen LogP contribution is -2.06. The van der Waals surface area contributed by atoms with E-state index in [2.05, 4.69) is 27.3 Å². The van der Waals surface area contributed by atoms with E-state index in [1.165, 1.54) is 6.07 Å². The molecule has 0 aliphatic rings. The van der Waals surface area contributed by atoms with Crippen LogP contribution in [-0.2, 0) is 6.42 Å². The minimum Gasteiger partial charge on any atom is -0.385 e. The molecule has 0 spiro atoms. The molecule has 2 rings (SSSR count). The number of halogens is 2. The molecule has 0 aliphatic carbocycles. The molecular weight excluding hydrogens is 319 g/mol. The van der Waals surface area contributed by atoms with Crippen molar-refractivity contribution in [2.45, 2.75) is 13.3 Å². The van der Waals surface area contributed by atoms with Crippen LogP contribution in [0, 0.1) is 24.1 Å². The largest absolute Gasteiger partial charge is 0.385 e. The van der Waals surface area contributed by atoms with Crippen LogP contribution in [0.3, 0.4) is 0 Å². The number of aryl methyl sites for hydroxylation is 1. The second kappa shape index (κ2) is 6.53. The lowest BCUT2D eigenvalue weighted by Gasteiger charge is -2.09. The van der Waals surface area contributed by atoms with Gasteiger partial charge in [-0.2, -0.15) is 5.26 Å². The number of hydrogen-bond donors (Lipinski definition) is 1. The van der Waals surface area contributed by atoms with Crippen molar-refractivity contribution in [1.82, 2.24) is 0 Å². The predicted octanol–water partition coefficient (Wildman–Crippen LogP) is 4.42. The van der Waals surface area contributed by atoms with Crippen LogP contribution in [-0.4, -0.2) is 6.54 Å². The molecule has 0 aromatic heterocycles. The van der Waals surface area contributed by atoms with Crippen molar-refractivity contribution in [3.05, 3.63) is 63.4 Å². The highest BCUT2D eigenvalue weighted by Crippen LogP contribution is 2.21. The zero-order chi connectivity index (χ0) is 14.5. The molecule has 0 aliphatic heterocycles. The van der Waals surface area contributed by atoms with E-state index in [0.717, 1.165) is 34.3 Å². The minimum absolute atomic E-state index is 0.199. The van der Waals surface area contributed by atoms with E-state index in [-0.39, 0.29) is 5.82 Å². The zero-order valence-electron chi connectivity index (χ0n) is 11.1. The summed E-state index contributed by atoms with van der Waals surface area (Å²) >= 11 is 3.36. The fourth-order valence-electron chi connectivity index (χ4n) is 2.00. The smallest absolute Gasteiger partial charge is 0.123 e. The lowest BCUT2D eigenvalue weighted by atomic mass is 10.1. The fourth-order valence-corrected chi connectivity index (χ4v) is 2.46. The average Bonchev–Trinajstić information content (AvgIpc) is 2.41. The second-order valence-corrected chi connectivity index (χ2v) is 5.41. The van der Waals surface area contributed by atoms with E-state index in [4.69, 9.17) is 5.26 Å². The molecule has 1 N–H and O–H groups in total. The van der Waals surface area contributed by atoms with Crippen molar-refractivity contribution in [3.8, 4) is 6.07 Å². The van der Waals surface area contributed by atoms with Crippen molar-refractivity contribution in [1.29, 1.82) is 5.26 Å². The van der Waals surface area contributed by atoms with E-state index >= 15 is 0 Å². The molecule has 2 nitrogen and oxygen atoms in total. The number of nitriles is 1. The third-order valence-corrected chi connectivity index (χ3v) is 3.77. The Morgan fingerprint density at radius 2 is 2.05 bits per heavy atom. The van der Waals surface area contributed by atoms with Crippen molar-refractivity contribution in [2.75, 3.05) is 11.9 Å². The molecule has 0 bridgehead atoms. The Bertz CT molecular complexity index is 662. The minimum atomic E-state index is -0.199. The van der Waals surface area contributed by atoms with Gasteiger partial charge in [-0.15, -0.1) is 0 Å². The van der Waals surface area contributed by atoms with Gasteiger partial charge in [-0.1, -0.05) is 6.07 Å².